The number of thiophene rings is 1. The second kappa shape index (κ2) is 6.07. The first-order valence-electron chi connectivity index (χ1n) is 7.01. The average molecular weight is 405 g/mol. The molecule has 0 saturated heterocycles. The summed E-state index contributed by atoms with van der Waals surface area (Å²) < 4.78 is 3.25. The summed E-state index contributed by atoms with van der Waals surface area (Å²) in [6.07, 6.45) is 1.81. The van der Waals surface area contributed by atoms with E-state index in [4.69, 9.17) is 16.6 Å². The minimum Gasteiger partial charge on any atom is -0.319 e. The van der Waals surface area contributed by atoms with E-state index in [9.17, 15) is 0 Å². The Morgan fingerprint density at radius 1 is 1.17 bits per heavy atom. The van der Waals surface area contributed by atoms with Crippen LogP contribution >= 0.6 is 38.9 Å². The molecule has 3 heterocycles. The van der Waals surface area contributed by atoms with Gasteiger partial charge in [-0.05, 0) is 41.3 Å². The average Bonchev–Trinajstić information content (AvgIpc) is 3.17. The van der Waals surface area contributed by atoms with Gasteiger partial charge >= 0.3 is 0 Å². The van der Waals surface area contributed by atoms with Crippen molar-refractivity contribution in [1.29, 1.82) is 0 Å². The van der Waals surface area contributed by atoms with Gasteiger partial charge in [-0.2, -0.15) is 0 Å². The van der Waals surface area contributed by atoms with Gasteiger partial charge in [-0.15, -0.1) is 11.3 Å². The zero-order valence-electron chi connectivity index (χ0n) is 11.9. The van der Waals surface area contributed by atoms with Crippen molar-refractivity contribution in [3.8, 4) is 10.7 Å². The van der Waals surface area contributed by atoms with Gasteiger partial charge in [0.2, 0.25) is 0 Å². The molecular weight excluding hydrogens is 394 g/mol. The van der Waals surface area contributed by atoms with E-state index in [1.165, 1.54) is 0 Å². The molecule has 0 aliphatic heterocycles. The summed E-state index contributed by atoms with van der Waals surface area (Å²) in [5.41, 5.74) is 3.17. The first-order valence-corrected chi connectivity index (χ1v) is 9.06. The van der Waals surface area contributed by atoms with E-state index in [0.717, 1.165) is 31.8 Å². The molecule has 0 spiro atoms. The molecule has 3 nitrogen and oxygen atoms in total. The third kappa shape index (κ3) is 2.92. The van der Waals surface area contributed by atoms with Gasteiger partial charge in [0.1, 0.15) is 5.15 Å². The normalized spacial score (nSPS) is 11.2. The highest BCUT2D eigenvalue weighted by atomic mass is 79.9. The first kappa shape index (κ1) is 14.9. The highest BCUT2D eigenvalue weighted by molar-refractivity contribution is 9.10. The van der Waals surface area contributed by atoms with Crippen LogP contribution in [0.4, 0.5) is 0 Å². The van der Waals surface area contributed by atoms with Gasteiger partial charge in [0, 0.05) is 10.7 Å². The van der Waals surface area contributed by atoms with E-state index in [2.05, 4.69) is 43.0 Å². The number of benzene rings is 1. The second-order valence-corrected chi connectivity index (χ2v) is 7.37. The van der Waals surface area contributed by atoms with Gasteiger partial charge in [0.25, 0.3) is 0 Å². The minimum absolute atomic E-state index is 0.506. The van der Waals surface area contributed by atoms with Crippen molar-refractivity contribution < 1.29 is 0 Å². The summed E-state index contributed by atoms with van der Waals surface area (Å²) in [5.74, 6) is 0.975. The van der Waals surface area contributed by atoms with Gasteiger partial charge in [0.05, 0.1) is 22.5 Å². The molecule has 4 aromatic rings. The quantitative estimate of drug-likeness (QED) is 0.415. The van der Waals surface area contributed by atoms with Gasteiger partial charge in [-0.25, -0.2) is 9.97 Å². The Bertz CT molecular complexity index is 962. The van der Waals surface area contributed by atoms with E-state index in [-0.39, 0.29) is 0 Å². The minimum atomic E-state index is 0.506. The van der Waals surface area contributed by atoms with Crippen LogP contribution in [0.1, 0.15) is 5.56 Å². The number of imidazole rings is 1. The summed E-state index contributed by atoms with van der Waals surface area (Å²) in [7, 11) is 0. The molecule has 4 rings (SSSR count). The molecule has 3 aromatic heterocycles. The van der Waals surface area contributed by atoms with Crippen molar-refractivity contribution in [3.05, 3.63) is 69.2 Å². The van der Waals surface area contributed by atoms with Gasteiger partial charge in [-0.1, -0.05) is 39.7 Å². The van der Waals surface area contributed by atoms with E-state index in [1.54, 1.807) is 11.3 Å². The maximum Gasteiger partial charge on any atom is 0.151 e. The SMILES string of the molecule is Clc1ccc(Cn2c(-c3cccs3)nc3cc(Br)ccc32)cn1. The van der Waals surface area contributed by atoms with Crippen LogP contribution in [0, 0.1) is 0 Å². The van der Waals surface area contributed by atoms with Crippen molar-refractivity contribution in [3.63, 3.8) is 0 Å². The van der Waals surface area contributed by atoms with E-state index in [1.807, 2.05) is 36.5 Å². The first-order chi connectivity index (χ1) is 11.2. The molecule has 0 atom stereocenters. The van der Waals surface area contributed by atoms with Crippen LogP contribution in [0.2, 0.25) is 5.15 Å². The van der Waals surface area contributed by atoms with Crippen molar-refractivity contribution in [2.75, 3.05) is 0 Å². The predicted molar refractivity (Wildman–Crippen MR) is 99.1 cm³/mol. The second-order valence-electron chi connectivity index (χ2n) is 5.12. The number of halogens is 2. The fourth-order valence-electron chi connectivity index (χ4n) is 2.54. The van der Waals surface area contributed by atoms with Gasteiger partial charge in [0.15, 0.2) is 5.82 Å². The van der Waals surface area contributed by atoms with Gasteiger partial charge < -0.3 is 4.57 Å². The number of nitrogens with zero attached hydrogens (tertiary/aromatic N) is 3. The predicted octanol–water partition coefficient (Wildman–Crippen LogP) is 5.62. The van der Waals surface area contributed by atoms with Crippen molar-refractivity contribution in [2.24, 2.45) is 0 Å². The molecule has 0 N–H and O–H groups in total. The zero-order valence-corrected chi connectivity index (χ0v) is 15.1. The number of rotatable bonds is 3. The van der Waals surface area contributed by atoms with Crippen molar-refractivity contribution in [1.82, 2.24) is 14.5 Å². The number of pyridine rings is 1. The summed E-state index contributed by atoms with van der Waals surface area (Å²) >= 11 is 11.1. The zero-order chi connectivity index (χ0) is 15.8. The Morgan fingerprint density at radius 3 is 2.83 bits per heavy atom. The smallest absolute Gasteiger partial charge is 0.151 e. The summed E-state index contributed by atoms with van der Waals surface area (Å²) in [4.78, 5) is 10.2. The Kier molecular flexibility index (Phi) is 3.93. The van der Waals surface area contributed by atoms with Crippen LogP contribution in [0.5, 0.6) is 0 Å². The molecule has 0 aliphatic rings. The van der Waals surface area contributed by atoms with Crippen molar-refractivity contribution >= 4 is 49.9 Å². The largest absolute Gasteiger partial charge is 0.319 e. The Hall–Kier alpha value is -1.69. The van der Waals surface area contributed by atoms with E-state index >= 15 is 0 Å². The molecule has 0 aliphatic carbocycles. The van der Waals surface area contributed by atoms with Crippen molar-refractivity contribution in [2.45, 2.75) is 6.54 Å². The molecular formula is C17H11BrClN3S. The lowest BCUT2D eigenvalue weighted by molar-refractivity contribution is 0.831. The lowest BCUT2D eigenvalue weighted by atomic mass is 10.2. The van der Waals surface area contributed by atoms with Crippen LogP contribution < -0.4 is 0 Å². The molecule has 23 heavy (non-hydrogen) atoms. The van der Waals surface area contributed by atoms with Crippen LogP contribution in [0.15, 0.2) is 58.5 Å². The van der Waals surface area contributed by atoms with Crippen LogP contribution in [0.25, 0.3) is 21.7 Å². The topological polar surface area (TPSA) is 30.7 Å². The highest BCUT2D eigenvalue weighted by Gasteiger charge is 2.14. The summed E-state index contributed by atoms with van der Waals surface area (Å²) in [5, 5.41) is 2.57. The molecule has 0 radical (unpaired) electrons. The highest BCUT2D eigenvalue weighted by Crippen LogP contribution is 2.30. The maximum absolute atomic E-state index is 5.88. The Morgan fingerprint density at radius 2 is 2.09 bits per heavy atom. The Labute approximate surface area is 150 Å². The molecule has 0 unspecified atom stereocenters. The Balaban J connectivity index is 1.88. The molecule has 114 valence electrons. The standard InChI is InChI=1S/C17H11BrClN3S/c18-12-4-5-14-13(8-12)21-17(15-2-1-7-23-15)22(14)10-11-3-6-16(19)20-9-11/h1-9H,10H2. The molecule has 1 aromatic carbocycles. The summed E-state index contributed by atoms with van der Waals surface area (Å²) in [6.45, 7) is 0.704. The maximum atomic E-state index is 5.88. The molecule has 0 saturated carbocycles. The number of aromatic nitrogens is 3. The fourth-order valence-corrected chi connectivity index (χ4v) is 3.72. The number of hydrogen-bond acceptors (Lipinski definition) is 3. The third-order valence-corrected chi connectivity index (χ3v) is 5.16. The van der Waals surface area contributed by atoms with Crippen LogP contribution in [-0.2, 0) is 6.54 Å². The number of hydrogen-bond donors (Lipinski definition) is 0. The molecule has 0 amide bonds. The van der Waals surface area contributed by atoms with Crippen LogP contribution in [-0.4, -0.2) is 14.5 Å². The van der Waals surface area contributed by atoms with Crippen LogP contribution in [0.3, 0.4) is 0 Å². The van der Waals surface area contributed by atoms with Gasteiger partial charge in [-0.3, -0.25) is 0 Å². The summed E-state index contributed by atoms with van der Waals surface area (Å²) in [6, 6.07) is 14.1. The molecule has 6 heteroatoms. The number of fused-ring (bicyclic) bond motifs is 1. The fraction of sp³-hybridized carbons (Fsp3) is 0.0588. The monoisotopic (exact) mass is 403 g/mol. The molecule has 0 fully saturated rings. The van der Waals surface area contributed by atoms with E-state index in [0.29, 0.717) is 11.7 Å². The third-order valence-electron chi connectivity index (χ3n) is 3.58. The van der Waals surface area contributed by atoms with E-state index < -0.39 is 0 Å². The lowest BCUT2D eigenvalue weighted by Gasteiger charge is -2.08. The molecule has 0 bridgehead atoms. The lowest BCUT2D eigenvalue weighted by Crippen LogP contribution is -2.02.